The van der Waals surface area contributed by atoms with Crippen molar-refractivity contribution in [2.75, 3.05) is 12.4 Å². The predicted molar refractivity (Wildman–Crippen MR) is 92.3 cm³/mol. The van der Waals surface area contributed by atoms with Crippen LogP contribution in [0.3, 0.4) is 0 Å². The first-order chi connectivity index (χ1) is 11.5. The summed E-state index contributed by atoms with van der Waals surface area (Å²) in [6.07, 6.45) is 1.68. The van der Waals surface area contributed by atoms with Gasteiger partial charge in [0, 0.05) is 11.6 Å². The molecule has 0 unspecified atom stereocenters. The number of nitrogens with zero attached hydrogens (tertiary/aromatic N) is 3. The second kappa shape index (κ2) is 6.57. The Morgan fingerprint density at radius 1 is 1.25 bits per heavy atom. The Morgan fingerprint density at radius 3 is 2.83 bits per heavy atom. The fraction of sp³-hybridized carbons (Fsp3) is 0.235. The number of nitrogens with one attached hydrogen (secondary N) is 2. The molecule has 0 atom stereocenters. The normalized spacial score (nSPS) is 10.8. The molecule has 124 valence electrons. The number of benzene rings is 1. The number of aromatic nitrogens is 3. The molecular weight excluding hydrogens is 306 g/mol. The third kappa shape index (κ3) is 3.45. The lowest BCUT2D eigenvalue weighted by Crippen LogP contribution is -2.34. The number of methoxy groups -OCH3 is 1. The summed E-state index contributed by atoms with van der Waals surface area (Å²) in [5.41, 5.74) is 2.38. The van der Waals surface area contributed by atoms with E-state index in [4.69, 9.17) is 4.74 Å². The van der Waals surface area contributed by atoms with Crippen LogP contribution >= 0.6 is 0 Å². The molecule has 1 aromatic carbocycles. The lowest BCUT2D eigenvalue weighted by atomic mass is 10.1. The van der Waals surface area contributed by atoms with Crippen LogP contribution in [-0.4, -0.2) is 33.8 Å². The third-order valence-corrected chi connectivity index (χ3v) is 3.35. The molecule has 0 fully saturated rings. The van der Waals surface area contributed by atoms with Crippen LogP contribution in [0.25, 0.3) is 16.9 Å². The van der Waals surface area contributed by atoms with Gasteiger partial charge in [-0.2, -0.15) is 5.10 Å². The highest BCUT2D eigenvalue weighted by atomic mass is 16.5. The highest BCUT2D eigenvalue weighted by Gasteiger charge is 2.09. The average molecular weight is 325 g/mol. The molecule has 0 spiro atoms. The molecule has 0 aliphatic carbocycles. The fourth-order valence-electron chi connectivity index (χ4n) is 2.29. The summed E-state index contributed by atoms with van der Waals surface area (Å²) >= 11 is 0. The number of carbonyl (C=O) groups excluding carboxylic acids is 1. The number of anilines is 1. The predicted octanol–water partition coefficient (Wildman–Crippen LogP) is 2.93. The van der Waals surface area contributed by atoms with E-state index in [1.807, 2.05) is 50.2 Å². The molecule has 0 aliphatic heterocycles. The van der Waals surface area contributed by atoms with Gasteiger partial charge in [-0.15, -0.1) is 0 Å². The van der Waals surface area contributed by atoms with Gasteiger partial charge in [-0.1, -0.05) is 12.1 Å². The number of urea groups is 1. The minimum Gasteiger partial charge on any atom is -0.497 e. The van der Waals surface area contributed by atoms with Crippen LogP contribution in [0.15, 0.2) is 42.6 Å². The molecule has 3 rings (SSSR count). The molecule has 2 N–H and O–H groups in total. The zero-order chi connectivity index (χ0) is 17.1. The largest absolute Gasteiger partial charge is 0.497 e. The van der Waals surface area contributed by atoms with Gasteiger partial charge in [0.05, 0.1) is 19.0 Å². The fourth-order valence-corrected chi connectivity index (χ4v) is 2.29. The Morgan fingerprint density at radius 2 is 2.08 bits per heavy atom. The molecule has 7 heteroatoms. The van der Waals surface area contributed by atoms with Crippen molar-refractivity contribution >= 4 is 17.5 Å². The number of rotatable bonds is 4. The van der Waals surface area contributed by atoms with Gasteiger partial charge in [0.1, 0.15) is 5.75 Å². The van der Waals surface area contributed by atoms with Gasteiger partial charge < -0.3 is 10.1 Å². The Hall–Kier alpha value is -3.09. The van der Waals surface area contributed by atoms with Crippen molar-refractivity contribution in [1.82, 2.24) is 19.9 Å². The molecule has 0 saturated carbocycles. The van der Waals surface area contributed by atoms with E-state index in [2.05, 4.69) is 20.7 Å². The first-order valence-corrected chi connectivity index (χ1v) is 7.63. The van der Waals surface area contributed by atoms with Gasteiger partial charge in [0.25, 0.3) is 0 Å². The molecule has 7 nitrogen and oxygen atoms in total. The van der Waals surface area contributed by atoms with E-state index >= 15 is 0 Å². The average Bonchev–Trinajstić information content (AvgIpc) is 2.95. The summed E-state index contributed by atoms with van der Waals surface area (Å²) in [7, 11) is 1.63. The Labute approximate surface area is 139 Å². The minimum atomic E-state index is -0.290. The number of ether oxygens (including phenoxy) is 1. The van der Waals surface area contributed by atoms with Gasteiger partial charge in [-0.25, -0.2) is 14.3 Å². The van der Waals surface area contributed by atoms with E-state index in [1.54, 1.807) is 17.8 Å². The number of imidazole rings is 1. The van der Waals surface area contributed by atoms with Crippen molar-refractivity contribution < 1.29 is 9.53 Å². The zero-order valence-corrected chi connectivity index (χ0v) is 13.8. The van der Waals surface area contributed by atoms with Crippen LogP contribution in [0.1, 0.15) is 13.8 Å². The van der Waals surface area contributed by atoms with E-state index in [9.17, 15) is 4.79 Å². The SMILES string of the molecule is COc1cccc(-c2ccc3nc(NC(=O)NC(C)C)cn3n2)c1. The van der Waals surface area contributed by atoms with Crippen molar-refractivity contribution in [2.45, 2.75) is 19.9 Å². The number of hydrogen-bond donors (Lipinski definition) is 2. The minimum absolute atomic E-state index is 0.0554. The summed E-state index contributed by atoms with van der Waals surface area (Å²) in [5.74, 6) is 1.22. The smallest absolute Gasteiger partial charge is 0.320 e. The molecule has 2 heterocycles. The second-order valence-electron chi connectivity index (χ2n) is 5.63. The van der Waals surface area contributed by atoms with E-state index in [-0.39, 0.29) is 12.1 Å². The molecule has 24 heavy (non-hydrogen) atoms. The van der Waals surface area contributed by atoms with Crippen molar-refractivity contribution in [2.24, 2.45) is 0 Å². The van der Waals surface area contributed by atoms with E-state index in [0.29, 0.717) is 11.5 Å². The van der Waals surface area contributed by atoms with E-state index in [0.717, 1.165) is 17.0 Å². The molecule has 2 aromatic heterocycles. The molecular formula is C17H19N5O2. The lowest BCUT2D eigenvalue weighted by molar-refractivity contribution is 0.250. The lowest BCUT2D eigenvalue weighted by Gasteiger charge is -2.07. The Kier molecular flexibility index (Phi) is 4.33. The summed E-state index contributed by atoms with van der Waals surface area (Å²) in [4.78, 5) is 16.1. The van der Waals surface area contributed by atoms with Gasteiger partial charge in [-0.05, 0) is 38.1 Å². The van der Waals surface area contributed by atoms with Gasteiger partial charge >= 0.3 is 6.03 Å². The maximum Gasteiger partial charge on any atom is 0.320 e. The molecule has 0 bridgehead atoms. The molecule has 3 aromatic rings. The highest BCUT2D eigenvalue weighted by Crippen LogP contribution is 2.22. The van der Waals surface area contributed by atoms with Crippen LogP contribution in [0.4, 0.5) is 10.6 Å². The maximum atomic E-state index is 11.8. The number of amides is 2. The van der Waals surface area contributed by atoms with E-state index < -0.39 is 0 Å². The summed E-state index contributed by atoms with van der Waals surface area (Å²) in [6, 6.07) is 11.2. The summed E-state index contributed by atoms with van der Waals surface area (Å²) < 4.78 is 6.88. The molecule has 0 aliphatic rings. The number of fused-ring (bicyclic) bond motifs is 1. The standard InChI is InChI=1S/C17H19N5O2/c1-11(2)18-17(23)20-15-10-22-16(19-15)8-7-14(21-22)12-5-4-6-13(9-12)24-3/h4-11H,1-3H3,(H2,18,20,23). The van der Waals surface area contributed by atoms with Crippen LogP contribution < -0.4 is 15.4 Å². The van der Waals surface area contributed by atoms with Crippen molar-refractivity contribution in [3.63, 3.8) is 0 Å². The topological polar surface area (TPSA) is 80.5 Å². The summed E-state index contributed by atoms with van der Waals surface area (Å²) in [5, 5.41) is 9.99. The van der Waals surface area contributed by atoms with Crippen molar-refractivity contribution in [3.05, 3.63) is 42.6 Å². The monoisotopic (exact) mass is 325 g/mol. The van der Waals surface area contributed by atoms with Crippen LogP contribution in [-0.2, 0) is 0 Å². The van der Waals surface area contributed by atoms with Gasteiger partial charge in [-0.3, -0.25) is 5.32 Å². The number of carbonyl (C=O) groups is 1. The van der Waals surface area contributed by atoms with Crippen molar-refractivity contribution in [3.8, 4) is 17.0 Å². The molecule has 0 radical (unpaired) electrons. The second-order valence-corrected chi connectivity index (χ2v) is 5.63. The molecule has 0 saturated heterocycles. The van der Waals surface area contributed by atoms with Crippen molar-refractivity contribution in [1.29, 1.82) is 0 Å². The maximum absolute atomic E-state index is 11.8. The summed E-state index contributed by atoms with van der Waals surface area (Å²) in [6.45, 7) is 3.79. The van der Waals surface area contributed by atoms with Crippen LogP contribution in [0.5, 0.6) is 5.75 Å². The van der Waals surface area contributed by atoms with Gasteiger partial charge in [0.15, 0.2) is 11.5 Å². The van der Waals surface area contributed by atoms with E-state index in [1.165, 1.54) is 0 Å². The molecule has 2 amide bonds. The first kappa shape index (κ1) is 15.8. The van der Waals surface area contributed by atoms with Gasteiger partial charge in [0.2, 0.25) is 0 Å². The Balaban J connectivity index is 1.87. The first-order valence-electron chi connectivity index (χ1n) is 7.63. The highest BCUT2D eigenvalue weighted by molar-refractivity contribution is 5.88. The number of hydrogen-bond acceptors (Lipinski definition) is 4. The Bertz CT molecular complexity index is 872. The third-order valence-electron chi connectivity index (χ3n) is 3.35. The zero-order valence-electron chi connectivity index (χ0n) is 13.8. The van der Waals surface area contributed by atoms with Crippen LogP contribution in [0, 0.1) is 0 Å². The quantitative estimate of drug-likeness (QED) is 0.773. The van der Waals surface area contributed by atoms with Crippen LogP contribution in [0.2, 0.25) is 0 Å².